The van der Waals surface area contributed by atoms with E-state index >= 15 is 0 Å². The molecule has 0 amide bonds. The number of nitrogens with zero attached hydrogens (tertiary/aromatic N) is 3. The zero-order chi connectivity index (χ0) is 13.0. The second-order valence-electron chi connectivity index (χ2n) is 4.29. The van der Waals surface area contributed by atoms with E-state index in [1.165, 1.54) is 0 Å². The number of ether oxygens (including phenoxy) is 1. The summed E-state index contributed by atoms with van der Waals surface area (Å²) < 4.78 is 5.63. The third kappa shape index (κ3) is 2.92. The molecule has 1 aliphatic heterocycles. The first-order valence-electron chi connectivity index (χ1n) is 6.17. The van der Waals surface area contributed by atoms with Crippen molar-refractivity contribution in [2.24, 2.45) is 0 Å². The van der Waals surface area contributed by atoms with Crippen LogP contribution < -0.4 is 4.90 Å². The van der Waals surface area contributed by atoms with Crippen LogP contribution in [0.4, 0.5) is 5.82 Å². The van der Waals surface area contributed by atoms with E-state index in [9.17, 15) is 0 Å². The van der Waals surface area contributed by atoms with Gasteiger partial charge in [0, 0.05) is 19.7 Å². The highest BCUT2D eigenvalue weighted by molar-refractivity contribution is 6.31. The van der Waals surface area contributed by atoms with Crippen molar-refractivity contribution in [3.8, 4) is 6.07 Å². The molecule has 0 aliphatic carbocycles. The third-order valence-electron chi connectivity index (χ3n) is 3.09. The van der Waals surface area contributed by atoms with Crippen LogP contribution in [0.15, 0.2) is 12.1 Å². The molecule has 1 aromatic rings. The van der Waals surface area contributed by atoms with Gasteiger partial charge in [-0.25, -0.2) is 4.98 Å². The van der Waals surface area contributed by atoms with Crippen molar-refractivity contribution in [3.05, 3.63) is 22.8 Å². The van der Waals surface area contributed by atoms with Gasteiger partial charge in [-0.3, -0.25) is 0 Å². The fraction of sp³-hybridized carbons (Fsp3) is 0.538. The fourth-order valence-corrected chi connectivity index (χ4v) is 2.25. The smallest absolute Gasteiger partial charge is 0.161 e. The van der Waals surface area contributed by atoms with Crippen molar-refractivity contribution >= 4 is 17.4 Å². The van der Waals surface area contributed by atoms with E-state index < -0.39 is 0 Å². The van der Waals surface area contributed by atoms with Crippen LogP contribution in [-0.2, 0) is 4.74 Å². The van der Waals surface area contributed by atoms with E-state index in [1.54, 1.807) is 6.07 Å². The Morgan fingerprint density at radius 2 is 2.44 bits per heavy atom. The Kier molecular flexibility index (Phi) is 4.40. The standard InChI is InChI=1S/C13H16ClN3O/c1-2-17(9-10-4-3-7-18-10)13-6-5-11(14)12(8-15)16-13/h5-6,10H,2-4,7,9H2,1H3. The summed E-state index contributed by atoms with van der Waals surface area (Å²) in [6, 6.07) is 5.58. The van der Waals surface area contributed by atoms with Gasteiger partial charge in [0.1, 0.15) is 11.9 Å². The molecule has 1 saturated heterocycles. The largest absolute Gasteiger partial charge is 0.376 e. The molecule has 18 heavy (non-hydrogen) atoms. The predicted molar refractivity (Wildman–Crippen MR) is 70.8 cm³/mol. The number of nitriles is 1. The lowest BCUT2D eigenvalue weighted by Crippen LogP contribution is -2.32. The fourth-order valence-electron chi connectivity index (χ4n) is 2.11. The Hall–Kier alpha value is -1.31. The lowest BCUT2D eigenvalue weighted by atomic mass is 10.2. The molecule has 1 aliphatic rings. The molecule has 0 spiro atoms. The lowest BCUT2D eigenvalue weighted by molar-refractivity contribution is 0.115. The van der Waals surface area contributed by atoms with Crippen molar-refractivity contribution in [2.45, 2.75) is 25.9 Å². The number of halogens is 1. The summed E-state index contributed by atoms with van der Waals surface area (Å²) >= 11 is 5.89. The molecule has 1 aromatic heterocycles. The first-order chi connectivity index (χ1) is 8.74. The molecule has 0 aromatic carbocycles. The van der Waals surface area contributed by atoms with E-state index in [2.05, 4.69) is 16.8 Å². The SMILES string of the molecule is CCN(CC1CCCO1)c1ccc(Cl)c(C#N)n1. The molecule has 0 radical (unpaired) electrons. The maximum absolute atomic E-state index is 8.94. The second-order valence-corrected chi connectivity index (χ2v) is 4.69. The van der Waals surface area contributed by atoms with Crippen molar-refractivity contribution in [3.63, 3.8) is 0 Å². The molecule has 2 rings (SSSR count). The molecule has 0 bridgehead atoms. The molecule has 2 heterocycles. The zero-order valence-corrected chi connectivity index (χ0v) is 11.2. The van der Waals surface area contributed by atoms with Crippen LogP contribution >= 0.6 is 11.6 Å². The number of anilines is 1. The Bertz CT molecular complexity index is 452. The van der Waals surface area contributed by atoms with Gasteiger partial charge in [-0.05, 0) is 31.9 Å². The summed E-state index contributed by atoms with van der Waals surface area (Å²) in [6.07, 6.45) is 2.49. The van der Waals surface area contributed by atoms with E-state index in [-0.39, 0.29) is 11.8 Å². The minimum absolute atomic E-state index is 0.271. The maximum Gasteiger partial charge on any atom is 0.161 e. The Morgan fingerprint density at radius 1 is 1.61 bits per heavy atom. The predicted octanol–water partition coefficient (Wildman–Crippen LogP) is 2.61. The number of likely N-dealkylation sites (N-methyl/N-ethyl adjacent to an activating group) is 1. The van der Waals surface area contributed by atoms with E-state index in [1.807, 2.05) is 12.1 Å². The van der Waals surface area contributed by atoms with Crippen LogP contribution in [0.1, 0.15) is 25.5 Å². The molecule has 1 atom stereocenters. The van der Waals surface area contributed by atoms with Gasteiger partial charge in [0.2, 0.25) is 0 Å². The molecular formula is C13H16ClN3O. The number of hydrogen-bond acceptors (Lipinski definition) is 4. The monoisotopic (exact) mass is 265 g/mol. The molecule has 96 valence electrons. The van der Waals surface area contributed by atoms with Gasteiger partial charge in [0.25, 0.3) is 0 Å². The highest BCUT2D eigenvalue weighted by atomic mass is 35.5. The van der Waals surface area contributed by atoms with Gasteiger partial charge in [0.05, 0.1) is 11.1 Å². The van der Waals surface area contributed by atoms with E-state index in [0.717, 1.165) is 38.4 Å². The lowest BCUT2D eigenvalue weighted by Gasteiger charge is -2.25. The average molecular weight is 266 g/mol. The Balaban J connectivity index is 2.14. The highest BCUT2D eigenvalue weighted by Gasteiger charge is 2.19. The summed E-state index contributed by atoms with van der Waals surface area (Å²) in [6.45, 7) is 4.56. The van der Waals surface area contributed by atoms with Gasteiger partial charge >= 0.3 is 0 Å². The minimum Gasteiger partial charge on any atom is -0.376 e. The van der Waals surface area contributed by atoms with Gasteiger partial charge in [0.15, 0.2) is 5.69 Å². The number of rotatable bonds is 4. The Labute approximate surface area is 112 Å². The Morgan fingerprint density at radius 3 is 3.06 bits per heavy atom. The molecule has 1 unspecified atom stereocenters. The van der Waals surface area contributed by atoms with Crippen LogP contribution in [0.25, 0.3) is 0 Å². The van der Waals surface area contributed by atoms with Crippen LogP contribution in [0, 0.1) is 11.3 Å². The number of hydrogen-bond donors (Lipinski definition) is 0. The molecule has 0 N–H and O–H groups in total. The minimum atomic E-state index is 0.271. The zero-order valence-electron chi connectivity index (χ0n) is 10.4. The number of aromatic nitrogens is 1. The molecule has 5 heteroatoms. The maximum atomic E-state index is 8.94. The van der Waals surface area contributed by atoms with Crippen LogP contribution in [0.2, 0.25) is 5.02 Å². The first-order valence-corrected chi connectivity index (χ1v) is 6.55. The van der Waals surface area contributed by atoms with Crippen LogP contribution in [-0.4, -0.2) is 30.8 Å². The molecule has 0 saturated carbocycles. The quantitative estimate of drug-likeness (QED) is 0.840. The van der Waals surface area contributed by atoms with Crippen molar-refractivity contribution in [1.82, 2.24) is 4.98 Å². The molecule has 4 nitrogen and oxygen atoms in total. The summed E-state index contributed by atoms with van der Waals surface area (Å²) in [5.41, 5.74) is 0.278. The summed E-state index contributed by atoms with van der Waals surface area (Å²) in [5, 5.41) is 9.34. The van der Waals surface area contributed by atoms with Crippen LogP contribution in [0.3, 0.4) is 0 Å². The molecular weight excluding hydrogens is 250 g/mol. The normalized spacial score (nSPS) is 18.6. The van der Waals surface area contributed by atoms with Gasteiger partial charge < -0.3 is 9.64 Å². The van der Waals surface area contributed by atoms with Crippen molar-refractivity contribution in [1.29, 1.82) is 5.26 Å². The summed E-state index contributed by atoms with van der Waals surface area (Å²) in [4.78, 5) is 6.40. The molecule has 1 fully saturated rings. The van der Waals surface area contributed by atoms with Gasteiger partial charge in [-0.1, -0.05) is 11.6 Å². The first kappa shape index (κ1) is 13.1. The topological polar surface area (TPSA) is 49.1 Å². The van der Waals surface area contributed by atoms with Crippen molar-refractivity contribution < 1.29 is 4.74 Å². The summed E-state index contributed by atoms with van der Waals surface area (Å²) in [7, 11) is 0. The van der Waals surface area contributed by atoms with Gasteiger partial charge in [-0.2, -0.15) is 5.26 Å². The average Bonchev–Trinajstić information content (AvgIpc) is 2.89. The third-order valence-corrected chi connectivity index (χ3v) is 3.40. The number of pyridine rings is 1. The van der Waals surface area contributed by atoms with E-state index in [0.29, 0.717) is 5.02 Å². The van der Waals surface area contributed by atoms with Gasteiger partial charge in [-0.15, -0.1) is 0 Å². The van der Waals surface area contributed by atoms with E-state index in [4.69, 9.17) is 21.6 Å². The second kappa shape index (κ2) is 6.03. The van der Waals surface area contributed by atoms with Crippen LogP contribution in [0.5, 0.6) is 0 Å². The summed E-state index contributed by atoms with van der Waals surface area (Å²) in [5.74, 6) is 0.786. The van der Waals surface area contributed by atoms with Crippen molar-refractivity contribution in [2.75, 3.05) is 24.6 Å². The highest BCUT2D eigenvalue weighted by Crippen LogP contribution is 2.21.